The Morgan fingerprint density at radius 1 is 1.59 bits per heavy atom. The van der Waals surface area contributed by atoms with Crippen molar-refractivity contribution in [2.75, 3.05) is 10.7 Å². The molecule has 2 rings (SSSR count). The monoisotopic (exact) mass is 237 g/mol. The number of nitrogen functional groups attached to an aromatic ring is 1. The van der Waals surface area contributed by atoms with Gasteiger partial charge in [0.1, 0.15) is 5.82 Å². The maximum absolute atomic E-state index is 10.9. The molecule has 4 N–H and O–H groups in total. The molecule has 7 heteroatoms. The molecule has 7 nitrogen and oxygen atoms in total. The molecule has 0 aromatic carbocycles. The first kappa shape index (κ1) is 11.6. The molecule has 1 aromatic heterocycles. The molecular weight excluding hydrogens is 222 g/mol. The number of rotatable bonds is 5. The first-order valence-corrected chi connectivity index (χ1v) is 5.50. The van der Waals surface area contributed by atoms with Gasteiger partial charge in [-0.1, -0.05) is 0 Å². The van der Waals surface area contributed by atoms with Gasteiger partial charge in [-0.2, -0.15) is 0 Å². The Hall–Kier alpha value is -1.89. The van der Waals surface area contributed by atoms with Crippen molar-refractivity contribution in [2.45, 2.75) is 25.8 Å². The Morgan fingerprint density at radius 3 is 2.82 bits per heavy atom. The van der Waals surface area contributed by atoms with Crippen molar-refractivity contribution in [3.8, 4) is 0 Å². The standard InChI is InChI=1S/C10H15N5O2/c1-6(7-2-3-7)12-10-8(15(16)17)4-5-9(13-10)14-11/h4-7H,2-3,11H2,1H3,(H2,12,13,14). The molecule has 1 aromatic rings. The number of hydrogen-bond donors (Lipinski definition) is 3. The number of nitro groups is 1. The molecule has 1 aliphatic rings. The molecule has 0 spiro atoms. The number of hydrazine groups is 1. The Kier molecular flexibility index (Phi) is 3.10. The summed E-state index contributed by atoms with van der Waals surface area (Å²) in [5.41, 5.74) is 2.35. The number of hydrogen-bond acceptors (Lipinski definition) is 6. The summed E-state index contributed by atoms with van der Waals surface area (Å²) in [7, 11) is 0. The van der Waals surface area contributed by atoms with Gasteiger partial charge in [-0.15, -0.1) is 0 Å². The molecule has 1 unspecified atom stereocenters. The summed E-state index contributed by atoms with van der Waals surface area (Å²) in [5.74, 6) is 6.50. The lowest BCUT2D eigenvalue weighted by Crippen LogP contribution is -2.20. The van der Waals surface area contributed by atoms with Crippen molar-refractivity contribution in [3.05, 3.63) is 22.2 Å². The molecule has 1 atom stereocenters. The molecule has 1 aliphatic carbocycles. The van der Waals surface area contributed by atoms with Crippen molar-refractivity contribution in [1.29, 1.82) is 0 Å². The Bertz CT molecular complexity index is 433. The van der Waals surface area contributed by atoms with Crippen LogP contribution in [0.2, 0.25) is 0 Å². The third-order valence-electron chi connectivity index (χ3n) is 2.91. The third-order valence-corrected chi connectivity index (χ3v) is 2.91. The molecule has 1 fully saturated rings. The molecule has 92 valence electrons. The normalized spacial score (nSPS) is 16.4. The minimum atomic E-state index is -0.449. The zero-order valence-corrected chi connectivity index (χ0v) is 9.51. The van der Waals surface area contributed by atoms with E-state index in [4.69, 9.17) is 5.84 Å². The summed E-state index contributed by atoms with van der Waals surface area (Å²) < 4.78 is 0. The molecule has 0 amide bonds. The smallest absolute Gasteiger partial charge is 0.311 e. The zero-order valence-electron chi connectivity index (χ0n) is 9.51. The van der Waals surface area contributed by atoms with Gasteiger partial charge in [-0.05, 0) is 31.7 Å². The molecule has 17 heavy (non-hydrogen) atoms. The number of anilines is 2. The highest BCUT2D eigenvalue weighted by Gasteiger charge is 2.29. The summed E-state index contributed by atoms with van der Waals surface area (Å²) in [6.07, 6.45) is 2.33. The fourth-order valence-corrected chi connectivity index (χ4v) is 1.72. The van der Waals surface area contributed by atoms with E-state index in [1.807, 2.05) is 6.92 Å². The van der Waals surface area contributed by atoms with E-state index >= 15 is 0 Å². The highest BCUT2D eigenvalue weighted by Crippen LogP contribution is 2.35. The van der Waals surface area contributed by atoms with Crippen LogP contribution in [-0.4, -0.2) is 15.9 Å². The lowest BCUT2D eigenvalue weighted by molar-refractivity contribution is -0.384. The number of pyridine rings is 1. The number of nitrogens with zero attached hydrogens (tertiary/aromatic N) is 2. The third kappa shape index (κ3) is 2.62. The summed E-state index contributed by atoms with van der Waals surface area (Å²) in [5, 5.41) is 13.9. The fourth-order valence-electron chi connectivity index (χ4n) is 1.72. The molecule has 1 heterocycles. The van der Waals surface area contributed by atoms with E-state index in [0.717, 1.165) is 12.8 Å². The number of nitrogens with one attached hydrogen (secondary N) is 2. The second kappa shape index (κ2) is 4.54. The van der Waals surface area contributed by atoms with Gasteiger partial charge in [-0.25, -0.2) is 10.8 Å². The van der Waals surface area contributed by atoms with Crippen LogP contribution in [0, 0.1) is 16.0 Å². The van der Waals surface area contributed by atoms with Crippen LogP contribution in [0.3, 0.4) is 0 Å². The fraction of sp³-hybridized carbons (Fsp3) is 0.500. The van der Waals surface area contributed by atoms with Gasteiger partial charge in [0.15, 0.2) is 0 Å². The number of nitrogens with two attached hydrogens (primary N) is 1. The van der Waals surface area contributed by atoms with Crippen molar-refractivity contribution in [3.63, 3.8) is 0 Å². The lowest BCUT2D eigenvalue weighted by Gasteiger charge is -2.14. The van der Waals surface area contributed by atoms with E-state index in [1.54, 1.807) is 0 Å². The topological polar surface area (TPSA) is 106 Å². The minimum absolute atomic E-state index is 0.0310. The molecular formula is C10H15N5O2. The number of aromatic nitrogens is 1. The summed E-state index contributed by atoms with van der Waals surface area (Å²) in [6.45, 7) is 2.01. The summed E-state index contributed by atoms with van der Waals surface area (Å²) in [4.78, 5) is 14.5. The van der Waals surface area contributed by atoms with Crippen LogP contribution in [0.5, 0.6) is 0 Å². The van der Waals surface area contributed by atoms with Crippen LogP contribution in [-0.2, 0) is 0 Å². The minimum Gasteiger partial charge on any atom is -0.362 e. The predicted octanol–water partition coefficient (Wildman–Crippen LogP) is 1.49. The first-order chi connectivity index (χ1) is 8.11. The highest BCUT2D eigenvalue weighted by atomic mass is 16.6. The first-order valence-electron chi connectivity index (χ1n) is 5.50. The Labute approximate surface area is 98.5 Å². The average Bonchev–Trinajstić information content (AvgIpc) is 3.12. The summed E-state index contributed by atoms with van der Waals surface area (Å²) in [6, 6.07) is 3.06. The van der Waals surface area contributed by atoms with Crippen LogP contribution in [0.1, 0.15) is 19.8 Å². The Balaban J connectivity index is 2.23. The van der Waals surface area contributed by atoms with Gasteiger partial charge in [-0.3, -0.25) is 10.1 Å². The highest BCUT2D eigenvalue weighted by molar-refractivity contribution is 5.60. The van der Waals surface area contributed by atoms with Gasteiger partial charge in [0.05, 0.1) is 4.92 Å². The van der Waals surface area contributed by atoms with Crippen LogP contribution in [0.25, 0.3) is 0 Å². The van der Waals surface area contributed by atoms with Gasteiger partial charge >= 0.3 is 5.69 Å². The van der Waals surface area contributed by atoms with E-state index in [9.17, 15) is 10.1 Å². The summed E-state index contributed by atoms with van der Waals surface area (Å²) >= 11 is 0. The van der Waals surface area contributed by atoms with Gasteiger partial charge in [0.25, 0.3) is 0 Å². The van der Waals surface area contributed by atoms with Crippen LogP contribution in [0.15, 0.2) is 12.1 Å². The molecule has 0 saturated heterocycles. The second-order valence-electron chi connectivity index (χ2n) is 4.24. The van der Waals surface area contributed by atoms with Crippen LogP contribution < -0.4 is 16.6 Å². The quantitative estimate of drug-likeness (QED) is 0.407. The zero-order chi connectivity index (χ0) is 12.4. The molecule has 0 aliphatic heterocycles. The van der Waals surface area contributed by atoms with Crippen molar-refractivity contribution < 1.29 is 4.92 Å². The van der Waals surface area contributed by atoms with Gasteiger partial charge < -0.3 is 10.7 Å². The average molecular weight is 237 g/mol. The van der Waals surface area contributed by atoms with E-state index < -0.39 is 4.92 Å². The van der Waals surface area contributed by atoms with Gasteiger partial charge in [0, 0.05) is 12.1 Å². The van der Waals surface area contributed by atoms with E-state index in [2.05, 4.69) is 15.7 Å². The maximum Gasteiger partial charge on any atom is 0.311 e. The van der Waals surface area contributed by atoms with Crippen molar-refractivity contribution >= 4 is 17.3 Å². The van der Waals surface area contributed by atoms with E-state index in [-0.39, 0.29) is 17.5 Å². The Morgan fingerprint density at radius 2 is 2.29 bits per heavy atom. The van der Waals surface area contributed by atoms with Crippen LogP contribution >= 0.6 is 0 Å². The predicted molar refractivity (Wildman–Crippen MR) is 64.5 cm³/mol. The van der Waals surface area contributed by atoms with Gasteiger partial charge in [0.2, 0.25) is 5.82 Å². The maximum atomic E-state index is 10.9. The lowest BCUT2D eigenvalue weighted by atomic mass is 10.2. The van der Waals surface area contributed by atoms with E-state index in [1.165, 1.54) is 12.1 Å². The molecule has 0 radical (unpaired) electrons. The van der Waals surface area contributed by atoms with Crippen molar-refractivity contribution in [1.82, 2.24) is 4.98 Å². The second-order valence-corrected chi connectivity index (χ2v) is 4.24. The SMILES string of the molecule is CC(Nc1nc(NN)ccc1[N+](=O)[O-])C1CC1. The molecule has 0 bridgehead atoms. The van der Waals surface area contributed by atoms with Crippen molar-refractivity contribution in [2.24, 2.45) is 11.8 Å². The molecule has 1 saturated carbocycles. The van der Waals surface area contributed by atoms with E-state index in [0.29, 0.717) is 11.7 Å². The van der Waals surface area contributed by atoms with Crippen LogP contribution in [0.4, 0.5) is 17.3 Å². The largest absolute Gasteiger partial charge is 0.362 e.